The molecule has 6 rings (SSSR count). The highest BCUT2D eigenvalue weighted by atomic mass is 19.4. The Kier molecular flexibility index (Phi) is 11.8. The van der Waals surface area contributed by atoms with E-state index in [1.807, 2.05) is 30.3 Å². The van der Waals surface area contributed by atoms with Crippen molar-refractivity contribution in [3.63, 3.8) is 0 Å². The van der Waals surface area contributed by atoms with E-state index in [1.165, 1.54) is 72.8 Å². The first-order chi connectivity index (χ1) is 27.2. The predicted octanol–water partition coefficient (Wildman–Crippen LogP) is 5.53. The lowest BCUT2D eigenvalue weighted by Gasteiger charge is -2.19. The topological polar surface area (TPSA) is 206 Å². The van der Waals surface area contributed by atoms with Crippen molar-refractivity contribution < 1.29 is 51.3 Å². The Balaban J connectivity index is 1.03. The SMILES string of the molecule is O=C(NC[C@H](NC(=O)c1ccc(Nc2nc(NC3(c4ccccc4)CC3)nc(OCC(F)(F)F)n2)cc1)C(=O)O)C(=O)Nc1ccc(Oc2ccc(F)cc2)cc1. The van der Waals surface area contributed by atoms with Crippen LogP contribution in [-0.2, 0) is 19.9 Å². The van der Waals surface area contributed by atoms with E-state index in [2.05, 4.69) is 41.5 Å². The summed E-state index contributed by atoms with van der Waals surface area (Å²) >= 11 is 0. The van der Waals surface area contributed by atoms with Crippen molar-refractivity contribution in [3.8, 4) is 17.5 Å². The van der Waals surface area contributed by atoms with Gasteiger partial charge >= 0.3 is 30.0 Å². The molecule has 1 aromatic heterocycles. The van der Waals surface area contributed by atoms with Crippen molar-refractivity contribution in [1.82, 2.24) is 25.6 Å². The first kappa shape index (κ1) is 39.4. The maximum Gasteiger partial charge on any atom is 0.422 e. The van der Waals surface area contributed by atoms with Gasteiger partial charge in [-0.25, -0.2) is 9.18 Å². The fourth-order valence-electron chi connectivity index (χ4n) is 5.24. The van der Waals surface area contributed by atoms with E-state index in [0.717, 1.165) is 18.4 Å². The molecular weight excluding hydrogens is 756 g/mol. The number of ether oxygens (including phenoxy) is 2. The third-order valence-electron chi connectivity index (χ3n) is 8.25. The molecule has 0 radical (unpaired) electrons. The van der Waals surface area contributed by atoms with E-state index in [9.17, 15) is 41.8 Å². The summed E-state index contributed by atoms with van der Waals surface area (Å²) < 4.78 is 62.3. The summed E-state index contributed by atoms with van der Waals surface area (Å²) in [5.74, 6) is -4.48. The number of carbonyl (C=O) groups excluding carboxylic acids is 3. The predicted molar refractivity (Wildman–Crippen MR) is 196 cm³/mol. The summed E-state index contributed by atoms with van der Waals surface area (Å²) in [6, 6.07) is 23.9. The van der Waals surface area contributed by atoms with Gasteiger partial charge in [-0.15, -0.1) is 0 Å². The second-order valence-corrected chi connectivity index (χ2v) is 12.6. The molecule has 15 nitrogen and oxygen atoms in total. The van der Waals surface area contributed by atoms with E-state index < -0.39 is 66.4 Å². The Hall–Kier alpha value is -7.31. The number of hydrogen-bond donors (Lipinski definition) is 6. The molecule has 1 heterocycles. The maximum atomic E-state index is 13.1. The largest absolute Gasteiger partial charge is 0.480 e. The second kappa shape index (κ2) is 17.0. The number of nitrogens with zero attached hydrogens (tertiary/aromatic N) is 3. The summed E-state index contributed by atoms with van der Waals surface area (Å²) in [7, 11) is 0. The second-order valence-electron chi connectivity index (χ2n) is 12.6. The van der Waals surface area contributed by atoms with Gasteiger partial charge in [0.25, 0.3) is 5.91 Å². The van der Waals surface area contributed by atoms with Crippen molar-refractivity contribution in [2.75, 3.05) is 29.1 Å². The van der Waals surface area contributed by atoms with Gasteiger partial charge in [0.05, 0.1) is 5.54 Å². The number of rotatable bonds is 15. The van der Waals surface area contributed by atoms with E-state index >= 15 is 0 Å². The lowest BCUT2D eigenvalue weighted by molar-refractivity contribution is -0.154. The minimum atomic E-state index is -4.65. The van der Waals surface area contributed by atoms with Crippen molar-refractivity contribution in [3.05, 3.63) is 120 Å². The number of carbonyl (C=O) groups is 4. The summed E-state index contributed by atoms with van der Waals surface area (Å²) in [4.78, 5) is 62.0. The number of hydrogen-bond acceptors (Lipinski definition) is 11. The molecule has 294 valence electrons. The Labute approximate surface area is 320 Å². The van der Waals surface area contributed by atoms with Gasteiger partial charge in [-0.1, -0.05) is 30.3 Å². The van der Waals surface area contributed by atoms with Crippen LogP contribution in [0.4, 0.5) is 40.8 Å². The van der Waals surface area contributed by atoms with E-state index in [4.69, 9.17) is 9.47 Å². The summed E-state index contributed by atoms with van der Waals surface area (Å²) in [5, 5.41) is 22.5. The molecule has 1 saturated carbocycles. The molecule has 0 aliphatic heterocycles. The van der Waals surface area contributed by atoms with Crippen LogP contribution < -0.4 is 36.1 Å². The monoisotopic (exact) mass is 788 g/mol. The number of halogens is 4. The average molecular weight is 789 g/mol. The molecule has 1 aliphatic carbocycles. The molecule has 19 heteroatoms. The van der Waals surface area contributed by atoms with Crippen molar-refractivity contribution >= 4 is 47.0 Å². The minimum absolute atomic E-state index is 0.00784. The number of aromatic nitrogens is 3. The van der Waals surface area contributed by atoms with E-state index in [0.29, 0.717) is 17.2 Å². The van der Waals surface area contributed by atoms with Crippen LogP contribution >= 0.6 is 0 Å². The minimum Gasteiger partial charge on any atom is -0.480 e. The zero-order chi connectivity index (χ0) is 40.6. The highest BCUT2D eigenvalue weighted by Crippen LogP contribution is 2.47. The van der Waals surface area contributed by atoms with Crippen LogP contribution in [0.5, 0.6) is 17.5 Å². The molecule has 6 N–H and O–H groups in total. The molecule has 0 spiro atoms. The van der Waals surface area contributed by atoms with Gasteiger partial charge in [-0.3, -0.25) is 14.4 Å². The third kappa shape index (κ3) is 11.1. The zero-order valence-corrected chi connectivity index (χ0v) is 29.5. The molecule has 3 amide bonds. The number of aliphatic carboxylic acids is 1. The molecule has 0 unspecified atom stereocenters. The number of alkyl halides is 3. The Morgan fingerprint density at radius 1 is 0.772 bits per heavy atom. The number of amides is 3. The molecule has 57 heavy (non-hydrogen) atoms. The smallest absolute Gasteiger partial charge is 0.422 e. The first-order valence-electron chi connectivity index (χ1n) is 17.1. The Bertz CT molecular complexity index is 2220. The fraction of sp³-hybridized carbons (Fsp3) is 0.184. The van der Waals surface area contributed by atoms with E-state index in [-0.39, 0.29) is 23.1 Å². The van der Waals surface area contributed by atoms with Crippen LogP contribution in [0, 0.1) is 5.82 Å². The van der Waals surface area contributed by atoms with Crippen LogP contribution in [0.3, 0.4) is 0 Å². The molecule has 1 atom stereocenters. The van der Waals surface area contributed by atoms with Gasteiger partial charge in [0, 0.05) is 23.5 Å². The number of carboxylic acids is 1. The molecule has 5 aromatic rings. The lowest BCUT2D eigenvalue weighted by atomic mass is 10.1. The quantitative estimate of drug-likeness (QED) is 0.0573. The molecule has 0 saturated heterocycles. The van der Waals surface area contributed by atoms with Gasteiger partial charge in [0.2, 0.25) is 11.9 Å². The highest BCUT2D eigenvalue weighted by molar-refractivity contribution is 6.39. The highest BCUT2D eigenvalue weighted by Gasteiger charge is 2.45. The number of anilines is 4. The van der Waals surface area contributed by atoms with Crippen LogP contribution in [0.25, 0.3) is 0 Å². The first-order valence-corrected chi connectivity index (χ1v) is 17.1. The Morgan fingerprint density at radius 2 is 1.39 bits per heavy atom. The molecule has 1 aliphatic rings. The van der Waals surface area contributed by atoms with Gasteiger partial charge in [0.1, 0.15) is 23.4 Å². The third-order valence-corrected chi connectivity index (χ3v) is 8.25. The normalized spacial score (nSPS) is 13.3. The summed E-state index contributed by atoms with van der Waals surface area (Å²) in [5.41, 5.74) is 0.961. The zero-order valence-electron chi connectivity index (χ0n) is 29.5. The van der Waals surface area contributed by atoms with Crippen LogP contribution in [-0.4, -0.2) is 69.1 Å². The maximum absolute atomic E-state index is 13.1. The van der Waals surface area contributed by atoms with E-state index in [1.54, 1.807) is 0 Å². The lowest BCUT2D eigenvalue weighted by Crippen LogP contribution is -2.50. The molecule has 0 bridgehead atoms. The van der Waals surface area contributed by atoms with Crippen LogP contribution in [0.15, 0.2) is 103 Å². The standard InChI is InChI=1S/C38H32F4N8O7/c39-24-8-14-27(15-9-24)57-28-16-12-25(13-17-28)44-32(53)31(52)43-20-29(33(54)55)46-30(51)22-6-10-26(11-7-22)45-34-47-35(49-36(48-34)56-21-38(40,41)42)50-37(18-19-37)23-4-2-1-3-5-23/h1-17,29H,18-21H2,(H,43,52)(H,44,53)(H,46,51)(H,54,55)(H2,45,47,48,49,50)/t29-/m0/s1. The summed E-state index contributed by atoms with van der Waals surface area (Å²) in [6.45, 7) is -2.28. The molecule has 4 aromatic carbocycles. The van der Waals surface area contributed by atoms with Gasteiger partial charge in [-0.05, 0) is 91.2 Å². The number of nitrogens with one attached hydrogen (secondary N) is 5. The molecular formula is C38H32F4N8O7. The average Bonchev–Trinajstić information content (AvgIpc) is 3.97. The van der Waals surface area contributed by atoms with Crippen LogP contribution in [0.2, 0.25) is 0 Å². The van der Waals surface area contributed by atoms with Crippen molar-refractivity contribution in [1.29, 1.82) is 0 Å². The van der Waals surface area contributed by atoms with Gasteiger partial charge < -0.3 is 41.2 Å². The summed E-state index contributed by atoms with van der Waals surface area (Å²) in [6.07, 6.45) is -3.19. The number of carboxylic acid groups (broad SMARTS) is 1. The van der Waals surface area contributed by atoms with Gasteiger partial charge in [0.15, 0.2) is 6.61 Å². The Morgan fingerprint density at radius 3 is 2.00 bits per heavy atom. The van der Waals surface area contributed by atoms with Gasteiger partial charge in [-0.2, -0.15) is 28.1 Å². The number of benzene rings is 4. The van der Waals surface area contributed by atoms with Crippen molar-refractivity contribution in [2.45, 2.75) is 30.6 Å². The molecule has 1 fully saturated rings. The fourth-order valence-corrected chi connectivity index (χ4v) is 5.24. The van der Waals surface area contributed by atoms with Crippen molar-refractivity contribution in [2.24, 2.45) is 0 Å². The van der Waals surface area contributed by atoms with Crippen LogP contribution in [0.1, 0.15) is 28.8 Å².